The molecule has 0 amide bonds. The first-order valence-electron chi connectivity index (χ1n) is 6.62. The van der Waals surface area contributed by atoms with Crippen molar-refractivity contribution in [1.82, 2.24) is 4.98 Å². The molecule has 0 aliphatic rings. The number of halogens is 1. The van der Waals surface area contributed by atoms with Crippen LogP contribution in [0.5, 0.6) is 0 Å². The van der Waals surface area contributed by atoms with Gasteiger partial charge in [0.2, 0.25) is 0 Å². The van der Waals surface area contributed by atoms with Crippen LogP contribution in [0.3, 0.4) is 0 Å². The number of pyridine rings is 1. The Labute approximate surface area is 122 Å². The first kappa shape index (κ1) is 14.8. The highest BCUT2D eigenvalue weighted by Crippen LogP contribution is 2.22. The highest BCUT2D eigenvalue weighted by atomic mass is 19.1. The number of aromatic nitrogens is 1. The van der Waals surface area contributed by atoms with Gasteiger partial charge in [-0.25, -0.2) is 9.37 Å². The van der Waals surface area contributed by atoms with Crippen molar-refractivity contribution in [3.05, 3.63) is 46.9 Å². The summed E-state index contributed by atoms with van der Waals surface area (Å²) in [4.78, 5) is 3.99. The van der Waals surface area contributed by atoms with Crippen molar-refractivity contribution in [2.75, 3.05) is 16.8 Å². The lowest BCUT2D eigenvalue weighted by atomic mass is 10.0. The minimum atomic E-state index is -0.288. The van der Waals surface area contributed by atoms with Gasteiger partial charge in [0, 0.05) is 29.6 Å². The lowest BCUT2D eigenvalue weighted by Gasteiger charge is -2.14. The molecule has 1 heterocycles. The average molecular weight is 287 g/mol. The Morgan fingerprint density at radius 1 is 1.33 bits per heavy atom. The topological polar surface area (TPSA) is 101 Å². The van der Waals surface area contributed by atoms with Gasteiger partial charge in [-0.3, -0.25) is 0 Å². The minimum Gasteiger partial charge on any atom is -0.398 e. The Bertz CT molecular complexity index is 669. The molecule has 0 saturated heterocycles. The number of rotatable bonds is 5. The number of hydrogen-bond acceptors (Lipinski definition) is 5. The van der Waals surface area contributed by atoms with Crippen LogP contribution in [0.2, 0.25) is 0 Å². The molecule has 1 aromatic carbocycles. The van der Waals surface area contributed by atoms with E-state index in [1.807, 2.05) is 6.92 Å². The maximum Gasteiger partial charge on any atom is 0.132 e. The van der Waals surface area contributed by atoms with E-state index >= 15 is 0 Å². The average Bonchev–Trinajstić information content (AvgIpc) is 2.49. The molecule has 1 aromatic heterocycles. The van der Waals surface area contributed by atoms with Crippen LogP contribution >= 0.6 is 0 Å². The molecular formula is C15H18FN5. The largest absolute Gasteiger partial charge is 0.398 e. The van der Waals surface area contributed by atoms with Crippen LogP contribution < -0.4 is 16.8 Å². The zero-order valence-electron chi connectivity index (χ0n) is 11.8. The number of nitrogens with two attached hydrogens (primary N) is 2. The molecule has 0 bridgehead atoms. The van der Waals surface area contributed by atoms with E-state index in [9.17, 15) is 4.39 Å². The number of nitrogens with one attached hydrogen (secondary N) is 2. The number of hydrogen-bond donors (Lipinski definition) is 4. The monoisotopic (exact) mass is 287 g/mol. The van der Waals surface area contributed by atoms with Gasteiger partial charge in [0.1, 0.15) is 11.6 Å². The molecular weight excluding hydrogens is 269 g/mol. The van der Waals surface area contributed by atoms with Crippen molar-refractivity contribution in [1.29, 1.82) is 5.41 Å². The predicted octanol–water partition coefficient (Wildman–Crippen LogP) is 2.56. The Hall–Kier alpha value is -2.63. The van der Waals surface area contributed by atoms with Crippen molar-refractivity contribution in [3.8, 4) is 0 Å². The molecule has 0 unspecified atom stereocenters. The second-order valence-electron chi connectivity index (χ2n) is 4.64. The van der Waals surface area contributed by atoms with Gasteiger partial charge >= 0.3 is 0 Å². The highest BCUT2D eigenvalue weighted by molar-refractivity contribution is 5.84. The van der Waals surface area contributed by atoms with Gasteiger partial charge in [0.15, 0.2) is 0 Å². The fourth-order valence-electron chi connectivity index (χ4n) is 2.19. The van der Waals surface area contributed by atoms with E-state index in [0.717, 1.165) is 11.8 Å². The lowest BCUT2D eigenvalue weighted by molar-refractivity contribution is 0.610. The van der Waals surface area contributed by atoms with Crippen molar-refractivity contribution >= 4 is 23.4 Å². The standard InChI is InChI=1S/C15H18FN5/c1-2-11-12(13(16)3-4-14(11)18)8-20-10-5-9(6-17)15(19)21-7-10/h3-7,17,20H,2,8,18H2,1H3,(H2,19,21). The van der Waals surface area contributed by atoms with Crippen LogP contribution in [0.15, 0.2) is 24.4 Å². The zero-order valence-corrected chi connectivity index (χ0v) is 11.8. The maximum absolute atomic E-state index is 14.0. The molecule has 5 nitrogen and oxygen atoms in total. The van der Waals surface area contributed by atoms with Crippen LogP contribution in [-0.4, -0.2) is 11.2 Å². The summed E-state index contributed by atoms with van der Waals surface area (Å²) in [5.74, 6) is 0.00386. The second kappa shape index (κ2) is 6.21. The van der Waals surface area contributed by atoms with Gasteiger partial charge in [-0.2, -0.15) is 0 Å². The number of nitrogens with zero attached hydrogens (tertiary/aromatic N) is 1. The molecule has 0 fully saturated rings. The van der Waals surface area contributed by atoms with Gasteiger partial charge < -0.3 is 22.2 Å². The highest BCUT2D eigenvalue weighted by Gasteiger charge is 2.11. The molecule has 110 valence electrons. The molecule has 0 saturated carbocycles. The third-order valence-corrected chi connectivity index (χ3v) is 3.34. The van der Waals surface area contributed by atoms with Crippen molar-refractivity contribution in [2.24, 2.45) is 0 Å². The minimum absolute atomic E-state index is 0.288. The summed E-state index contributed by atoms with van der Waals surface area (Å²) in [6, 6.07) is 4.65. The Kier molecular flexibility index (Phi) is 4.37. The summed E-state index contributed by atoms with van der Waals surface area (Å²) in [5.41, 5.74) is 14.6. The normalized spacial score (nSPS) is 10.4. The lowest BCUT2D eigenvalue weighted by Crippen LogP contribution is -2.09. The van der Waals surface area contributed by atoms with Crippen LogP contribution in [0.4, 0.5) is 21.6 Å². The third-order valence-electron chi connectivity index (χ3n) is 3.34. The molecule has 6 N–H and O–H groups in total. The first-order chi connectivity index (χ1) is 10.1. The van der Waals surface area contributed by atoms with E-state index in [0.29, 0.717) is 41.3 Å². The van der Waals surface area contributed by atoms with Gasteiger partial charge in [-0.1, -0.05) is 6.92 Å². The van der Waals surface area contributed by atoms with Crippen LogP contribution in [-0.2, 0) is 13.0 Å². The van der Waals surface area contributed by atoms with Crippen molar-refractivity contribution in [3.63, 3.8) is 0 Å². The third kappa shape index (κ3) is 3.10. The summed E-state index contributed by atoms with van der Waals surface area (Å²) in [6.07, 6.45) is 3.34. The molecule has 0 radical (unpaired) electrons. The van der Waals surface area contributed by atoms with E-state index in [-0.39, 0.29) is 5.82 Å². The van der Waals surface area contributed by atoms with E-state index < -0.39 is 0 Å². The predicted molar refractivity (Wildman–Crippen MR) is 84.1 cm³/mol. The molecule has 2 rings (SSSR count). The van der Waals surface area contributed by atoms with Gasteiger partial charge in [-0.15, -0.1) is 0 Å². The molecule has 0 aliphatic carbocycles. The quantitative estimate of drug-likeness (QED) is 0.501. The molecule has 21 heavy (non-hydrogen) atoms. The fourth-order valence-corrected chi connectivity index (χ4v) is 2.19. The Morgan fingerprint density at radius 2 is 2.10 bits per heavy atom. The number of nitrogen functional groups attached to an aromatic ring is 2. The number of benzene rings is 1. The fraction of sp³-hybridized carbons (Fsp3) is 0.200. The number of anilines is 3. The second-order valence-corrected chi connectivity index (χ2v) is 4.64. The van der Waals surface area contributed by atoms with E-state index in [4.69, 9.17) is 16.9 Å². The summed E-state index contributed by atoms with van der Waals surface area (Å²) < 4.78 is 14.0. The van der Waals surface area contributed by atoms with Crippen molar-refractivity contribution < 1.29 is 4.39 Å². The summed E-state index contributed by atoms with van der Waals surface area (Å²) in [6.45, 7) is 2.23. The molecule has 2 aromatic rings. The van der Waals surface area contributed by atoms with Crippen LogP contribution in [0, 0.1) is 11.2 Å². The Balaban J connectivity index is 2.24. The van der Waals surface area contributed by atoms with Crippen LogP contribution in [0.25, 0.3) is 0 Å². The zero-order chi connectivity index (χ0) is 15.4. The molecule has 0 atom stereocenters. The van der Waals surface area contributed by atoms with E-state index in [1.54, 1.807) is 18.3 Å². The summed E-state index contributed by atoms with van der Waals surface area (Å²) >= 11 is 0. The summed E-state index contributed by atoms with van der Waals surface area (Å²) in [5, 5.41) is 10.3. The van der Waals surface area contributed by atoms with E-state index in [1.165, 1.54) is 6.07 Å². The first-order valence-corrected chi connectivity index (χ1v) is 6.62. The SMILES string of the molecule is CCc1c(N)ccc(F)c1CNc1cnc(N)c(C=N)c1. The van der Waals surface area contributed by atoms with Gasteiger partial charge in [0.25, 0.3) is 0 Å². The molecule has 0 spiro atoms. The smallest absolute Gasteiger partial charge is 0.132 e. The van der Waals surface area contributed by atoms with Gasteiger partial charge in [0.05, 0.1) is 11.9 Å². The molecule has 0 aliphatic heterocycles. The maximum atomic E-state index is 14.0. The van der Waals surface area contributed by atoms with E-state index in [2.05, 4.69) is 10.3 Å². The summed E-state index contributed by atoms with van der Waals surface area (Å²) in [7, 11) is 0. The van der Waals surface area contributed by atoms with Crippen molar-refractivity contribution in [2.45, 2.75) is 19.9 Å². The van der Waals surface area contributed by atoms with Crippen LogP contribution in [0.1, 0.15) is 23.6 Å². The van der Waals surface area contributed by atoms with Gasteiger partial charge in [-0.05, 0) is 30.2 Å². The molecule has 6 heteroatoms. The Morgan fingerprint density at radius 3 is 2.76 bits per heavy atom.